The van der Waals surface area contributed by atoms with E-state index in [2.05, 4.69) is 94.6 Å². The number of H-pyrrole nitrogens is 1. The lowest BCUT2D eigenvalue weighted by molar-refractivity contribution is -0.141. The summed E-state index contributed by atoms with van der Waals surface area (Å²) < 4.78 is 76.0. The van der Waals surface area contributed by atoms with Crippen molar-refractivity contribution < 1.29 is 72.2 Å². The number of hydrogen-bond donors (Lipinski definition) is 7. The molecule has 31 heteroatoms. The number of aromatic amines is 1. The Hall–Kier alpha value is -12.7. The van der Waals surface area contributed by atoms with Crippen molar-refractivity contribution in [1.82, 2.24) is 54.9 Å². The molecule has 23 nitrogen and oxygen atoms in total. The van der Waals surface area contributed by atoms with Gasteiger partial charge >= 0.3 is 6.18 Å². The summed E-state index contributed by atoms with van der Waals surface area (Å²) in [5, 5.41) is 82.0. The van der Waals surface area contributed by atoms with Gasteiger partial charge in [-0.25, -0.2) is 29.9 Å². The second kappa shape index (κ2) is 45.6. The Labute approximate surface area is 884 Å². The van der Waals surface area contributed by atoms with Gasteiger partial charge in [0.15, 0.2) is 0 Å². The fourth-order valence-corrected chi connectivity index (χ4v) is 28.8. The number of para-hydroxylation sites is 1. The second-order valence-electron chi connectivity index (χ2n) is 38.3. The molecule has 0 bridgehead atoms. The number of aliphatic hydroxyl groups is 5. The van der Waals surface area contributed by atoms with Gasteiger partial charge in [-0.2, -0.15) is 23.4 Å². The highest BCUT2D eigenvalue weighted by molar-refractivity contribution is 7.20. The number of methoxy groups -OCH3 is 1. The van der Waals surface area contributed by atoms with Crippen molar-refractivity contribution in [1.29, 1.82) is 0 Å². The minimum atomic E-state index is -4.51. The Balaban J connectivity index is 0.000000122. The van der Waals surface area contributed by atoms with Gasteiger partial charge in [0.05, 0.1) is 30.5 Å². The summed E-state index contributed by atoms with van der Waals surface area (Å²) in [5.74, 6) is 0.571. The standard InChI is InChI=1S/C25H27N3O2S.C24H25N3O2S.C23H23F3N2O2S.C23H26N2O3S.C23H25NO3S/c1-5-30-24(15(3)29)21-14(2)27-25-23(18-8-6-7-9-20(18)31-25)22(21)16-10-11-19-17(12-16)13-26-28(19)4;1-4-29-23(14(3)28)20-13(2)26-24-22(17-7-5-6-8-19(17)30-24)21(20)15-9-10-16-12-25-27-18(16)11-15;1-4-30-21(13(3)29)18-12(2)28-22-20(15-7-5-6-8-16(15)31-22)19(18)14-9-10-17(27-11-14)23(24,25)26;1-5-28-22(14(3)26)19-13(2)25-23-21(16-8-6-7-9-17(16)29-23)20(19)15-10-11-18(27-4)24-12-15;1-4-27-22(14(3)25)19-13(2)24-23-21(16-10-6-8-12-18(16)28-23)20(19)15-9-5-7-11-17(15)26/h10-13,24,29H,3,5-9H2,1-2,4H3;9-12,23,28H,3-8H2,1-2H3,(H,25,27);9-11,21,29H,3-8H2,1-2H3;10-12,22,26H,3,5-9H2,1-2,4H3;5,7,9,11,22,25-26H,3-4,6,8,10,12H2,1-2H3. The summed E-state index contributed by atoms with van der Waals surface area (Å²) in [6.07, 6.45) is 21.2. The molecule has 5 unspecified atom stereocenters. The van der Waals surface area contributed by atoms with Gasteiger partial charge in [0.25, 0.3) is 0 Å². The van der Waals surface area contributed by atoms with E-state index in [4.69, 9.17) is 53.3 Å². The van der Waals surface area contributed by atoms with Crippen LogP contribution in [0.25, 0.3) is 129 Å². The van der Waals surface area contributed by atoms with E-state index in [-0.39, 0.29) is 34.5 Å². The number of phenols is 1. The van der Waals surface area contributed by atoms with Crippen LogP contribution in [-0.2, 0) is 101 Å². The molecule has 14 heterocycles. The van der Waals surface area contributed by atoms with Crippen LogP contribution in [0.1, 0.15) is 244 Å². The van der Waals surface area contributed by atoms with Gasteiger partial charge in [-0.15, -0.1) is 56.7 Å². The molecule has 5 atom stereocenters. The van der Waals surface area contributed by atoms with Crippen LogP contribution in [0, 0.1) is 34.6 Å². The first kappa shape index (κ1) is 106. The normalized spacial score (nSPS) is 14.8. The van der Waals surface area contributed by atoms with E-state index in [9.17, 15) is 43.8 Å². The number of phenolic OH excluding ortho intramolecular Hbond substituents is 1. The van der Waals surface area contributed by atoms with Crippen molar-refractivity contribution in [2.45, 2.75) is 234 Å². The molecular weight excluding hydrogens is 1980 g/mol. The zero-order chi connectivity index (χ0) is 105. The van der Waals surface area contributed by atoms with Crippen LogP contribution in [0.3, 0.4) is 0 Å². The first-order valence-corrected chi connectivity index (χ1v) is 55.3. The third kappa shape index (κ3) is 21.1. The Morgan fingerprint density at radius 3 is 1.04 bits per heavy atom. The highest BCUT2D eigenvalue weighted by Crippen LogP contribution is 2.55. The smallest absolute Gasteiger partial charge is 0.433 e. The van der Waals surface area contributed by atoms with Crippen molar-refractivity contribution in [3.63, 3.8) is 0 Å². The van der Waals surface area contributed by atoms with Crippen molar-refractivity contribution in [3.8, 4) is 67.3 Å². The lowest BCUT2D eigenvalue weighted by atomic mass is 9.87. The highest BCUT2D eigenvalue weighted by atomic mass is 32.1. The molecule has 0 spiro atoms. The van der Waals surface area contributed by atoms with Crippen LogP contribution < -0.4 is 4.74 Å². The van der Waals surface area contributed by atoms with Crippen LogP contribution in [0.4, 0.5) is 13.2 Å². The predicted octanol–water partition coefficient (Wildman–Crippen LogP) is 30.8. The maximum absolute atomic E-state index is 13.1. The number of aromatic nitrogens is 11. The topological polar surface area (TPSA) is 313 Å². The number of benzene rings is 3. The molecule has 776 valence electrons. The maximum Gasteiger partial charge on any atom is 0.433 e. The second-order valence-corrected chi connectivity index (χ2v) is 43.7. The summed E-state index contributed by atoms with van der Waals surface area (Å²) in [6.45, 7) is 40.2. The average Bonchev–Trinajstić information content (AvgIpc) is 1.63. The van der Waals surface area contributed by atoms with E-state index < -0.39 is 42.4 Å². The van der Waals surface area contributed by atoms with Gasteiger partial charge in [-0.1, -0.05) is 75.4 Å². The number of pyridine rings is 7. The van der Waals surface area contributed by atoms with E-state index in [0.29, 0.717) is 55.7 Å². The lowest BCUT2D eigenvalue weighted by Crippen LogP contribution is -2.12. The Kier molecular flexibility index (Phi) is 32.5. The number of nitrogens with zero attached hydrogens (tertiary/aromatic N) is 10. The number of alkyl halides is 3. The van der Waals surface area contributed by atoms with Crippen molar-refractivity contribution in [2.75, 3.05) is 40.1 Å². The number of fused-ring (bicyclic) bond motifs is 17. The summed E-state index contributed by atoms with van der Waals surface area (Å²) in [4.78, 5) is 44.7. The molecule has 7 N–H and O–H groups in total. The molecule has 14 aromatic heterocycles. The van der Waals surface area contributed by atoms with Crippen LogP contribution in [0.15, 0.2) is 171 Å². The summed E-state index contributed by atoms with van der Waals surface area (Å²) >= 11 is 8.81. The van der Waals surface area contributed by atoms with Crippen LogP contribution in [0.2, 0.25) is 0 Å². The first-order valence-electron chi connectivity index (χ1n) is 51.2. The molecule has 0 amide bonds. The molecule has 0 saturated carbocycles. The van der Waals surface area contributed by atoms with Crippen molar-refractivity contribution in [2.24, 2.45) is 7.05 Å². The van der Waals surface area contributed by atoms with Crippen LogP contribution in [0.5, 0.6) is 11.6 Å². The molecule has 0 aliphatic heterocycles. The quantitative estimate of drug-likeness (QED) is 0.0248. The summed E-state index contributed by atoms with van der Waals surface area (Å²) in [5.41, 5.74) is 25.3. The maximum atomic E-state index is 13.1. The minimum absolute atomic E-state index is 0.00839. The predicted molar refractivity (Wildman–Crippen MR) is 596 cm³/mol. The molecule has 5 aliphatic rings. The third-order valence-corrected chi connectivity index (χ3v) is 34.6. The number of aromatic hydroxyl groups is 1. The molecular formula is C118H126F3N11O12S5. The van der Waals surface area contributed by atoms with Gasteiger partial charge in [0.1, 0.15) is 94.9 Å². The number of hydrogen-bond acceptors (Lipinski definition) is 26. The zero-order valence-corrected chi connectivity index (χ0v) is 90.4. The number of aliphatic hydroxyl groups excluding tert-OH is 5. The highest BCUT2D eigenvalue weighted by Gasteiger charge is 2.39. The molecule has 22 rings (SSSR count). The van der Waals surface area contributed by atoms with Gasteiger partial charge in [0, 0.05) is 221 Å². The number of aryl methyl sites for hydroxylation is 16. The third-order valence-electron chi connectivity index (χ3n) is 28.7. The summed E-state index contributed by atoms with van der Waals surface area (Å²) in [6, 6.07) is 26.5. The number of nitrogens with one attached hydrogen (secondary N) is 1. The zero-order valence-electron chi connectivity index (χ0n) is 86.3. The van der Waals surface area contributed by atoms with Crippen molar-refractivity contribution >= 4 is 130 Å². The van der Waals surface area contributed by atoms with Crippen molar-refractivity contribution in [3.05, 3.63) is 286 Å². The number of thiophene rings is 5. The number of halogens is 3. The van der Waals surface area contributed by atoms with Gasteiger partial charge < -0.3 is 59.1 Å². The number of rotatable bonds is 26. The molecule has 0 fully saturated rings. The fourth-order valence-electron chi connectivity index (χ4n) is 22.2. The molecule has 0 radical (unpaired) electrons. The average molecular weight is 2110 g/mol. The van der Waals surface area contributed by atoms with E-state index in [1.165, 1.54) is 126 Å². The van der Waals surface area contributed by atoms with E-state index in [1.807, 2.05) is 153 Å². The Morgan fingerprint density at radius 1 is 0.389 bits per heavy atom. The molecule has 3 aromatic carbocycles. The molecule has 17 aromatic rings. The van der Waals surface area contributed by atoms with E-state index in [0.717, 1.165) is 241 Å². The molecule has 149 heavy (non-hydrogen) atoms. The van der Waals surface area contributed by atoms with Crippen LogP contribution in [-0.4, -0.2) is 126 Å². The van der Waals surface area contributed by atoms with E-state index in [1.54, 1.807) is 47.2 Å². The molecule has 0 saturated heterocycles. The summed E-state index contributed by atoms with van der Waals surface area (Å²) in [7, 11) is 3.57. The number of ether oxygens (including phenoxy) is 6. The minimum Gasteiger partial charge on any atom is -0.510 e. The van der Waals surface area contributed by atoms with Gasteiger partial charge in [-0.3, -0.25) is 14.8 Å². The fraction of sp³-hybridized carbons (Fsp3) is 0.364. The molecule has 5 aliphatic carbocycles. The van der Waals surface area contributed by atoms with E-state index >= 15 is 0 Å². The monoisotopic (exact) mass is 2110 g/mol. The van der Waals surface area contributed by atoms with Crippen LogP contribution >= 0.6 is 56.7 Å². The Bertz CT molecular complexity index is 7990. The Morgan fingerprint density at radius 2 is 0.711 bits per heavy atom. The van der Waals surface area contributed by atoms with Gasteiger partial charge in [0.2, 0.25) is 5.88 Å². The van der Waals surface area contributed by atoms with Gasteiger partial charge in [-0.05, 0) is 273 Å². The first-order chi connectivity index (χ1) is 71.9. The SMILES string of the molecule is C=C(O)C(OCC)c1c(C)nc2sc3c(c2c1-c1ccc(C(F)(F)F)nc1)CCCC3.C=C(O)C(OCC)c1c(C)nc2sc3c(c2c1-c1ccc(OC)nc1)CCCC3.C=C(O)C(OCC)c1c(C)nc2sc3c(c2c1-c1ccc2c(cnn2C)c1)CCCC3.C=C(O)C(OCC)c1c(C)nc2sc3c(c2c1-c1ccc2cn[nH]c2c1)CCCC3.C=C(O)C(OCC)c1c(C)nc2sc3c(c2c1-c1ccccc1O)CCCC3. The largest absolute Gasteiger partial charge is 0.510 e. The lowest BCUT2D eigenvalue weighted by Gasteiger charge is -2.23.